The van der Waals surface area contributed by atoms with Crippen LogP contribution in [0.2, 0.25) is 0 Å². The Bertz CT molecular complexity index is 240. The summed E-state index contributed by atoms with van der Waals surface area (Å²) in [6, 6.07) is 0.311. The minimum absolute atomic E-state index is 0.169. The Morgan fingerprint density at radius 2 is 2.12 bits per heavy atom. The predicted octanol–water partition coefficient (Wildman–Crippen LogP) is 2.20. The van der Waals surface area contributed by atoms with Crippen molar-refractivity contribution in [3.05, 3.63) is 0 Å². The Hall–Kier alpha value is -0.570. The molecule has 2 atom stereocenters. The van der Waals surface area contributed by atoms with Gasteiger partial charge in [-0.1, -0.05) is 26.2 Å². The molecule has 0 spiro atoms. The minimum atomic E-state index is -0.446. The van der Waals surface area contributed by atoms with E-state index in [4.69, 9.17) is 5.73 Å². The molecule has 3 nitrogen and oxygen atoms in total. The molecule has 16 heavy (non-hydrogen) atoms. The van der Waals surface area contributed by atoms with Crippen LogP contribution >= 0.6 is 0 Å². The smallest absolute Gasteiger partial charge is 0.237 e. The normalized spacial score (nSPS) is 31.4. The number of nitrogens with one attached hydrogen (secondary N) is 1. The molecular weight excluding hydrogens is 200 g/mol. The molecule has 1 aliphatic carbocycles. The molecule has 0 radical (unpaired) electrons. The van der Waals surface area contributed by atoms with E-state index < -0.39 is 5.54 Å². The monoisotopic (exact) mass is 226 g/mol. The van der Waals surface area contributed by atoms with E-state index in [1.165, 1.54) is 12.8 Å². The molecule has 0 aliphatic heterocycles. The molecule has 0 aromatic rings. The zero-order valence-electron chi connectivity index (χ0n) is 10.9. The SMILES string of the molecule is CCC1CCCC(NC(C)C)(C(N)=O)CC1. The largest absolute Gasteiger partial charge is 0.368 e. The topological polar surface area (TPSA) is 55.1 Å². The van der Waals surface area contributed by atoms with Crippen LogP contribution in [0.5, 0.6) is 0 Å². The van der Waals surface area contributed by atoms with Crippen molar-refractivity contribution in [3.8, 4) is 0 Å². The van der Waals surface area contributed by atoms with Crippen molar-refractivity contribution in [2.45, 2.75) is 70.9 Å². The first-order valence-electron chi connectivity index (χ1n) is 6.58. The second kappa shape index (κ2) is 5.67. The third kappa shape index (κ3) is 3.21. The van der Waals surface area contributed by atoms with Crippen LogP contribution in [0.1, 0.15) is 59.3 Å². The first-order chi connectivity index (χ1) is 7.50. The van der Waals surface area contributed by atoms with Gasteiger partial charge < -0.3 is 11.1 Å². The third-order valence-electron chi connectivity index (χ3n) is 3.81. The molecule has 3 N–H and O–H groups in total. The summed E-state index contributed by atoms with van der Waals surface area (Å²) in [5, 5.41) is 3.40. The van der Waals surface area contributed by atoms with E-state index in [9.17, 15) is 4.79 Å². The van der Waals surface area contributed by atoms with Gasteiger partial charge in [-0.3, -0.25) is 4.79 Å². The zero-order chi connectivity index (χ0) is 12.2. The first-order valence-corrected chi connectivity index (χ1v) is 6.58. The number of rotatable bonds is 4. The van der Waals surface area contributed by atoms with Gasteiger partial charge in [0, 0.05) is 6.04 Å². The van der Waals surface area contributed by atoms with E-state index in [1.54, 1.807) is 0 Å². The van der Waals surface area contributed by atoms with Gasteiger partial charge in [0.15, 0.2) is 0 Å². The molecule has 1 rings (SSSR count). The molecule has 94 valence electrons. The van der Waals surface area contributed by atoms with Gasteiger partial charge in [-0.25, -0.2) is 0 Å². The van der Waals surface area contributed by atoms with Crippen LogP contribution in [0.15, 0.2) is 0 Å². The second-order valence-electron chi connectivity index (χ2n) is 5.45. The van der Waals surface area contributed by atoms with Crippen LogP contribution in [0.25, 0.3) is 0 Å². The number of nitrogens with two attached hydrogens (primary N) is 1. The zero-order valence-corrected chi connectivity index (χ0v) is 10.9. The summed E-state index contributed by atoms with van der Waals surface area (Å²) in [4.78, 5) is 11.7. The van der Waals surface area contributed by atoms with Gasteiger partial charge in [0.1, 0.15) is 0 Å². The van der Waals surface area contributed by atoms with Crippen LogP contribution in [0, 0.1) is 5.92 Å². The fraction of sp³-hybridized carbons (Fsp3) is 0.923. The summed E-state index contributed by atoms with van der Waals surface area (Å²) in [5.74, 6) is 0.605. The summed E-state index contributed by atoms with van der Waals surface area (Å²) in [6.07, 6.45) is 6.50. The molecule has 0 heterocycles. The lowest BCUT2D eigenvalue weighted by Gasteiger charge is -2.32. The van der Waals surface area contributed by atoms with Crippen molar-refractivity contribution in [2.75, 3.05) is 0 Å². The Morgan fingerprint density at radius 3 is 2.62 bits per heavy atom. The molecule has 1 fully saturated rings. The number of carbonyl (C=O) groups excluding carboxylic acids is 1. The van der Waals surface area contributed by atoms with E-state index in [-0.39, 0.29) is 5.91 Å². The van der Waals surface area contributed by atoms with E-state index in [0.717, 1.165) is 31.6 Å². The molecule has 2 unspecified atom stereocenters. The molecular formula is C13H26N2O. The lowest BCUT2D eigenvalue weighted by Crippen LogP contribution is -2.57. The highest BCUT2D eigenvalue weighted by molar-refractivity contribution is 5.84. The van der Waals surface area contributed by atoms with E-state index in [1.807, 2.05) is 0 Å². The minimum Gasteiger partial charge on any atom is -0.368 e. The summed E-state index contributed by atoms with van der Waals surface area (Å²) in [5.41, 5.74) is 5.16. The van der Waals surface area contributed by atoms with Crippen molar-refractivity contribution < 1.29 is 4.79 Å². The molecule has 1 amide bonds. The fourth-order valence-corrected chi connectivity index (χ4v) is 2.84. The maximum Gasteiger partial charge on any atom is 0.237 e. The summed E-state index contributed by atoms with van der Waals surface area (Å²) >= 11 is 0. The number of hydrogen-bond donors (Lipinski definition) is 2. The quantitative estimate of drug-likeness (QED) is 0.722. The lowest BCUT2D eigenvalue weighted by atomic mass is 9.88. The van der Waals surface area contributed by atoms with Crippen molar-refractivity contribution in [1.29, 1.82) is 0 Å². The van der Waals surface area contributed by atoms with Crippen LogP contribution in [0.3, 0.4) is 0 Å². The highest BCUT2D eigenvalue weighted by Gasteiger charge is 2.38. The first kappa shape index (κ1) is 13.5. The standard InChI is InChI=1S/C13H26N2O/c1-4-11-6-5-8-13(9-7-11,12(14)16)15-10(2)3/h10-11,15H,4-9H2,1-3H3,(H2,14,16). The van der Waals surface area contributed by atoms with Gasteiger partial charge >= 0.3 is 0 Å². The lowest BCUT2D eigenvalue weighted by molar-refractivity contribution is -0.125. The Morgan fingerprint density at radius 1 is 1.44 bits per heavy atom. The molecule has 0 aromatic heterocycles. The van der Waals surface area contributed by atoms with Crippen molar-refractivity contribution >= 4 is 5.91 Å². The highest BCUT2D eigenvalue weighted by atomic mass is 16.1. The van der Waals surface area contributed by atoms with Gasteiger partial charge in [0.2, 0.25) is 5.91 Å². The average Bonchev–Trinajstić information content (AvgIpc) is 2.40. The van der Waals surface area contributed by atoms with Crippen molar-refractivity contribution in [1.82, 2.24) is 5.32 Å². The number of carbonyl (C=O) groups is 1. The molecule has 1 saturated carbocycles. The van der Waals surface area contributed by atoms with Gasteiger partial charge in [-0.15, -0.1) is 0 Å². The van der Waals surface area contributed by atoms with Crippen LogP contribution < -0.4 is 11.1 Å². The molecule has 1 aliphatic rings. The number of amides is 1. The Labute approximate surface area is 99.2 Å². The van der Waals surface area contributed by atoms with Crippen molar-refractivity contribution in [2.24, 2.45) is 11.7 Å². The van der Waals surface area contributed by atoms with E-state index in [2.05, 4.69) is 26.1 Å². The van der Waals surface area contributed by atoms with E-state index >= 15 is 0 Å². The maximum absolute atomic E-state index is 11.7. The predicted molar refractivity (Wildman–Crippen MR) is 67.1 cm³/mol. The Kier molecular flexibility index (Phi) is 4.78. The molecule has 3 heteroatoms. The Balaban J connectivity index is 2.73. The second-order valence-corrected chi connectivity index (χ2v) is 5.45. The fourth-order valence-electron chi connectivity index (χ4n) is 2.84. The summed E-state index contributed by atoms with van der Waals surface area (Å²) < 4.78 is 0. The van der Waals surface area contributed by atoms with Crippen LogP contribution in [-0.2, 0) is 4.79 Å². The summed E-state index contributed by atoms with van der Waals surface area (Å²) in [6.45, 7) is 6.39. The summed E-state index contributed by atoms with van der Waals surface area (Å²) in [7, 11) is 0. The van der Waals surface area contributed by atoms with Crippen LogP contribution in [-0.4, -0.2) is 17.5 Å². The molecule has 0 bridgehead atoms. The van der Waals surface area contributed by atoms with Gasteiger partial charge in [0.25, 0.3) is 0 Å². The van der Waals surface area contributed by atoms with Crippen LogP contribution in [0.4, 0.5) is 0 Å². The highest BCUT2D eigenvalue weighted by Crippen LogP contribution is 2.32. The third-order valence-corrected chi connectivity index (χ3v) is 3.81. The van der Waals surface area contributed by atoms with E-state index in [0.29, 0.717) is 6.04 Å². The van der Waals surface area contributed by atoms with Gasteiger partial charge in [-0.2, -0.15) is 0 Å². The van der Waals surface area contributed by atoms with Gasteiger partial charge in [0.05, 0.1) is 5.54 Å². The molecule has 0 aromatic carbocycles. The average molecular weight is 226 g/mol. The van der Waals surface area contributed by atoms with Crippen molar-refractivity contribution in [3.63, 3.8) is 0 Å². The number of hydrogen-bond acceptors (Lipinski definition) is 2. The number of primary amides is 1. The van der Waals surface area contributed by atoms with Gasteiger partial charge in [-0.05, 0) is 39.0 Å². The molecule has 0 saturated heterocycles. The maximum atomic E-state index is 11.7.